The number of ether oxygens (including phenoxy) is 2. The first-order valence-corrected chi connectivity index (χ1v) is 7.29. The van der Waals surface area contributed by atoms with Gasteiger partial charge in [-0.1, -0.05) is 0 Å². The van der Waals surface area contributed by atoms with Crippen molar-refractivity contribution in [3.8, 4) is 11.5 Å². The summed E-state index contributed by atoms with van der Waals surface area (Å²) < 4.78 is 32.0. The SMILES string of the molecule is O=C(O)COc1ccc(S(=O)(=O)Cl)cc1OCC(=O)O. The molecule has 110 valence electrons. The predicted molar refractivity (Wildman–Crippen MR) is 65.7 cm³/mol. The van der Waals surface area contributed by atoms with Gasteiger partial charge in [0.05, 0.1) is 4.90 Å². The first-order valence-electron chi connectivity index (χ1n) is 4.98. The van der Waals surface area contributed by atoms with E-state index in [2.05, 4.69) is 0 Å². The zero-order valence-electron chi connectivity index (χ0n) is 9.78. The van der Waals surface area contributed by atoms with E-state index in [1.807, 2.05) is 0 Å². The average Bonchev–Trinajstić information content (AvgIpc) is 2.32. The average molecular weight is 325 g/mol. The molecule has 0 spiro atoms. The van der Waals surface area contributed by atoms with Crippen LogP contribution in [0.4, 0.5) is 0 Å². The van der Waals surface area contributed by atoms with Gasteiger partial charge in [-0.3, -0.25) is 0 Å². The van der Waals surface area contributed by atoms with Crippen LogP contribution in [0.5, 0.6) is 11.5 Å². The highest BCUT2D eigenvalue weighted by atomic mass is 35.7. The van der Waals surface area contributed by atoms with E-state index < -0.39 is 34.2 Å². The van der Waals surface area contributed by atoms with Gasteiger partial charge in [0.1, 0.15) is 0 Å². The Bertz CT molecular complexity index is 624. The molecule has 10 heteroatoms. The van der Waals surface area contributed by atoms with Crippen molar-refractivity contribution in [2.24, 2.45) is 0 Å². The summed E-state index contributed by atoms with van der Waals surface area (Å²) in [6, 6.07) is 3.14. The molecule has 0 aliphatic carbocycles. The topological polar surface area (TPSA) is 127 Å². The third-order valence-electron chi connectivity index (χ3n) is 1.90. The lowest BCUT2D eigenvalue weighted by molar-refractivity contribution is -0.140. The standard InChI is InChI=1S/C10H9ClO8S/c11-20(16,17)6-1-2-7(18-4-9(12)13)8(3-6)19-5-10(14)15/h1-3H,4-5H2,(H,12,13)(H,14,15). The molecule has 1 aromatic carbocycles. The van der Waals surface area contributed by atoms with Crippen LogP contribution in [0, 0.1) is 0 Å². The van der Waals surface area contributed by atoms with Crippen molar-refractivity contribution in [1.29, 1.82) is 0 Å². The van der Waals surface area contributed by atoms with Gasteiger partial charge in [-0.05, 0) is 12.1 Å². The second kappa shape index (κ2) is 6.44. The van der Waals surface area contributed by atoms with Crippen LogP contribution in [-0.2, 0) is 18.6 Å². The maximum absolute atomic E-state index is 11.2. The number of benzene rings is 1. The van der Waals surface area contributed by atoms with Crippen LogP contribution in [0.1, 0.15) is 0 Å². The van der Waals surface area contributed by atoms with Gasteiger partial charge in [-0.25, -0.2) is 18.0 Å². The normalized spacial score (nSPS) is 10.8. The first kappa shape index (κ1) is 16.1. The zero-order chi connectivity index (χ0) is 15.3. The molecular weight excluding hydrogens is 316 g/mol. The van der Waals surface area contributed by atoms with Crippen LogP contribution in [0.3, 0.4) is 0 Å². The van der Waals surface area contributed by atoms with Crippen molar-refractivity contribution >= 4 is 31.7 Å². The minimum Gasteiger partial charge on any atom is -0.479 e. The summed E-state index contributed by atoms with van der Waals surface area (Å²) in [5.74, 6) is -2.91. The second-order valence-electron chi connectivity index (χ2n) is 3.41. The number of carbonyl (C=O) groups is 2. The highest BCUT2D eigenvalue weighted by molar-refractivity contribution is 8.13. The molecule has 0 aliphatic rings. The lowest BCUT2D eigenvalue weighted by Crippen LogP contribution is -2.13. The summed E-state index contributed by atoms with van der Waals surface area (Å²) in [5.41, 5.74) is 0. The third kappa shape index (κ3) is 4.94. The van der Waals surface area contributed by atoms with Crippen LogP contribution < -0.4 is 9.47 Å². The van der Waals surface area contributed by atoms with Crippen LogP contribution >= 0.6 is 10.7 Å². The fourth-order valence-electron chi connectivity index (χ4n) is 1.15. The lowest BCUT2D eigenvalue weighted by Gasteiger charge is -2.11. The summed E-state index contributed by atoms with van der Waals surface area (Å²) in [4.78, 5) is 20.5. The van der Waals surface area contributed by atoms with Crippen LogP contribution in [0.2, 0.25) is 0 Å². The lowest BCUT2D eigenvalue weighted by atomic mass is 10.3. The molecule has 20 heavy (non-hydrogen) atoms. The van der Waals surface area contributed by atoms with Gasteiger partial charge in [0.25, 0.3) is 9.05 Å². The van der Waals surface area contributed by atoms with Gasteiger partial charge >= 0.3 is 11.9 Å². The van der Waals surface area contributed by atoms with Crippen molar-refractivity contribution in [3.05, 3.63) is 18.2 Å². The Morgan fingerprint density at radius 3 is 2.00 bits per heavy atom. The number of rotatable bonds is 7. The Labute approximate surface area is 117 Å². The van der Waals surface area contributed by atoms with Crippen LogP contribution in [0.25, 0.3) is 0 Å². The molecule has 0 heterocycles. The molecular formula is C10H9ClO8S. The van der Waals surface area contributed by atoms with Gasteiger partial charge in [0.2, 0.25) is 0 Å². The maximum Gasteiger partial charge on any atom is 0.341 e. The van der Waals surface area contributed by atoms with Gasteiger partial charge < -0.3 is 19.7 Å². The van der Waals surface area contributed by atoms with Crippen molar-refractivity contribution in [1.82, 2.24) is 0 Å². The minimum atomic E-state index is -4.04. The molecule has 0 amide bonds. The van der Waals surface area contributed by atoms with Gasteiger partial charge in [0, 0.05) is 16.7 Å². The highest BCUT2D eigenvalue weighted by Crippen LogP contribution is 2.31. The molecule has 0 saturated heterocycles. The van der Waals surface area contributed by atoms with E-state index in [-0.39, 0.29) is 16.4 Å². The molecule has 0 fully saturated rings. The first-order chi connectivity index (χ1) is 9.20. The number of hydrogen-bond donors (Lipinski definition) is 2. The summed E-state index contributed by atoms with van der Waals surface area (Å²) in [7, 11) is 1.10. The largest absolute Gasteiger partial charge is 0.479 e. The highest BCUT2D eigenvalue weighted by Gasteiger charge is 2.16. The smallest absolute Gasteiger partial charge is 0.341 e. The van der Waals surface area contributed by atoms with E-state index in [4.69, 9.17) is 30.4 Å². The number of hydrogen-bond acceptors (Lipinski definition) is 6. The third-order valence-corrected chi connectivity index (χ3v) is 3.25. The second-order valence-corrected chi connectivity index (χ2v) is 5.98. The van der Waals surface area contributed by atoms with E-state index in [1.165, 1.54) is 0 Å². The van der Waals surface area contributed by atoms with Crippen LogP contribution in [0.15, 0.2) is 23.1 Å². The summed E-state index contributed by atoms with van der Waals surface area (Å²) in [6.07, 6.45) is 0. The van der Waals surface area contributed by atoms with Crippen LogP contribution in [-0.4, -0.2) is 43.8 Å². The molecule has 8 nitrogen and oxygen atoms in total. The number of halogens is 1. The van der Waals surface area contributed by atoms with E-state index in [1.54, 1.807) is 0 Å². The molecule has 0 unspecified atom stereocenters. The molecule has 1 aromatic rings. The molecule has 2 N–H and O–H groups in total. The predicted octanol–water partition coefficient (Wildman–Crippen LogP) is 0.541. The van der Waals surface area contributed by atoms with E-state index >= 15 is 0 Å². The minimum absolute atomic E-state index is 0.113. The van der Waals surface area contributed by atoms with Crippen molar-refractivity contribution < 1.29 is 37.7 Å². The quantitative estimate of drug-likeness (QED) is 0.696. The van der Waals surface area contributed by atoms with E-state index in [0.717, 1.165) is 18.2 Å². The molecule has 1 rings (SSSR count). The number of carboxylic acids is 2. The molecule has 0 bridgehead atoms. The van der Waals surface area contributed by atoms with Gasteiger partial charge in [-0.15, -0.1) is 0 Å². The molecule has 0 aromatic heterocycles. The van der Waals surface area contributed by atoms with Gasteiger partial charge in [-0.2, -0.15) is 0 Å². The molecule has 0 radical (unpaired) electrons. The van der Waals surface area contributed by atoms with E-state index in [0.29, 0.717) is 0 Å². The molecule has 0 atom stereocenters. The van der Waals surface area contributed by atoms with Crippen molar-refractivity contribution in [3.63, 3.8) is 0 Å². The molecule has 0 saturated carbocycles. The van der Waals surface area contributed by atoms with Gasteiger partial charge in [0.15, 0.2) is 24.7 Å². The van der Waals surface area contributed by atoms with E-state index in [9.17, 15) is 18.0 Å². The zero-order valence-corrected chi connectivity index (χ0v) is 11.3. The Morgan fingerprint density at radius 1 is 1.05 bits per heavy atom. The molecule has 0 aliphatic heterocycles. The fourth-order valence-corrected chi connectivity index (χ4v) is 1.92. The summed E-state index contributed by atoms with van der Waals surface area (Å²) >= 11 is 0. The monoisotopic (exact) mass is 324 g/mol. The van der Waals surface area contributed by atoms with Crippen molar-refractivity contribution in [2.45, 2.75) is 4.90 Å². The Kier molecular flexibility index (Phi) is 5.17. The Hall–Kier alpha value is -2.00. The van der Waals surface area contributed by atoms with Crippen molar-refractivity contribution in [2.75, 3.05) is 13.2 Å². The summed E-state index contributed by atoms with van der Waals surface area (Å²) in [5, 5.41) is 17.0. The maximum atomic E-state index is 11.2. The Morgan fingerprint density at radius 2 is 1.55 bits per heavy atom. The number of aliphatic carboxylic acids is 2. The fraction of sp³-hybridized carbons (Fsp3) is 0.200. The summed E-state index contributed by atoms with van der Waals surface area (Å²) in [6.45, 7) is -1.45. The number of carboxylic acid groups (broad SMARTS) is 2. The Balaban J connectivity index is 3.08.